The van der Waals surface area contributed by atoms with Crippen molar-refractivity contribution in [2.75, 3.05) is 44.7 Å². The summed E-state index contributed by atoms with van der Waals surface area (Å²) in [6.07, 6.45) is 0. The monoisotopic (exact) mass is 583 g/mol. The van der Waals surface area contributed by atoms with Gasteiger partial charge < -0.3 is 24.7 Å². The summed E-state index contributed by atoms with van der Waals surface area (Å²) in [5.74, 6) is 0.240. The molecule has 0 radical (unpaired) electrons. The van der Waals surface area contributed by atoms with Crippen molar-refractivity contribution in [3.05, 3.63) is 44.8 Å². The van der Waals surface area contributed by atoms with Gasteiger partial charge in [0.25, 0.3) is 0 Å². The molecule has 0 atom stereocenters. The molecule has 0 saturated carbocycles. The number of amides is 2. The molecule has 3 rings (SSSR count). The zero-order valence-electron chi connectivity index (χ0n) is 18.7. The number of carboxylic acid groups (broad SMARTS) is 1. The quantitative estimate of drug-likeness (QED) is 0.491. The molecule has 0 bridgehead atoms. The van der Waals surface area contributed by atoms with Crippen molar-refractivity contribution >= 4 is 49.5 Å². The molecule has 2 amide bonds. The lowest BCUT2D eigenvalue weighted by Gasteiger charge is -2.35. The van der Waals surface area contributed by atoms with Crippen LogP contribution in [0.3, 0.4) is 0 Å². The van der Waals surface area contributed by atoms with Crippen LogP contribution in [0.5, 0.6) is 17.2 Å². The number of phenolic OH excluding ortho intramolecular Hbond substituents is 1. The maximum absolute atomic E-state index is 13.2. The zero-order valence-corrected chi connectivity index (χ0v) is 21.9. The SMILES string of the molecule is CC(C)c1cc(Oc2c(Br)cc(N(CC(=O)O)C(=O)N3CCN(C)CC3)cc2Br)ccc1O. The minimum atomic E-state index is -1.10. The summed E-state index contributed by atoms with van der Waals surface area (Å²) in [5, 5.41) is 19.5. The summed E-state index contributed by atoms with van der Waals surface area (Å²) >= 11 is 6.99. The number of carboxylic acids is 1. The minimum Gasteiger partial charge on any atom is -0.508 e. The molecule has 0 aromatic heterocycles. The first-order chi connectivity index (χ1) is 15.6. The highest BCUT2D eigenvalue weighted by Crippen LogP contribution is 2.41. The van der Waals surface area contributed by atoms with E-state index in [4.69, 9.17) is 4.74 Å². The van der Waals surface area contributed by atoms with Crippen molar-refractivity contribution in [2.45, 2.75) is 19.8 Å². The van der Waals surface area contributed by atoms with E-state index in [0.29, 0.717) is 39.2 Å². The normalized spacial score (nSPS) is 14.4. The number of likely N-dealkylation sites (N-methyl/N-ethyl adjacent to an activating group) is 1. The number of rotatable bonds is 6. The van der Waals surface area contributed by atoms with Gasteiger partial charge in [0.2, 0.25) is 0 Å². The lowest BCUT2D eigenvalue weighted by Crippen LogP contribution is -2.53. The molecule has 2 aromatic rings. The molecule has 1 fully saturated rings. The first-order valence-corrected chi connectivity index (χ1v) is 12.1. The number of piperazine rings is 1. The summed E-state index contributed by atoms with van der Waals surface area (Å²) < 4.78 is 7.15. The Balaban J connectivity index is 1.89. The fourth-order valence-electron chi connectivity index (χ4n) is 3.55. The van der Waals surface area contributed by atoms with E-state index in [1.807, 2.05) is 20.9 Å². The third kappa shape index (κ3) is 6.18. The van der Waals surface area contributed by atoms with Crippen LogP contribution >= 0.6 is 31.9 Å². The maximum atomic E-state index is 13.2. The topological polar surface area (TPSA) is 93.5 Å². The van der Waals surface area contributed by atoms with Crippen molar-refractivity contribution < 1.29 is 24.5 Å². The van der Waals surface area contributed by atoms with Crippen molar-refractivity contribution in [3.63, 3.8) is 0 Å². The Labute approximate surface area is 210 Å². The minimum absolute atomic E-state index is 0.118. The van der Waals surface area contributed by atoms with Crippen LogP contribution in [0.2, 0.25) is 0 Å². The molecule has 1 heterocycles. The fourth-order valence-corrected chi connectivity index (χ4v) is 4.87. The van der Waals surface area contributed by atoms with Gasteiger partial charge in [-0.3, -0.25) is 9.69 Å². The molecule has 2 aromatic carbocycles. The van der Waals surface area contributed by atoms with E-state index in [-0.39, 0.29) is 17.7 Å². The van der Waals surface area contributed by atoms with E-state index >= 15 is 0 Å². The number of anilines is 1. The summed E-state index contributed by atoms with van der Waals surface area (Å²) in [7, 11) is 1.99. The van der Waals surface area contributed by atoms with Crippen molar-refractivity contribution in [2.24, 2.45) is 0 Å². The van der Waals surface area contributed by atoms with E-state index in [1.54, 1.807) is 35.2 Å². The number of aliphatic carboxylic acids is 1. The average Bonchev–Trinajstić information content (AvgIpc) is 2.75. The molecule has 8 nitrogen and oxygen atoms in total. The summed E-state index contributed by atoms with van der Waals surface area (Å²) in [6, 6.07) is 8.02. The molecule has 1 aliphatic heterocycles. The van der Waals surface area contributed by atoms with Gasteiger partial charge in [-0.1, -0.05) is 13.8 Å². The van der Waals surface area contributed by atoms with Crippen LogP contribution < -0.4 is 9.64 Å². The molecular weight excluding hydrogens is 558 g/mol. The molecule has 0 unspecified atom stereocenters. The van der Waals surface area contributed by atoms with Crippen LogP contribution in [0, 0.1) is 0 Å². The molecule has 1 aliphatic rings. The first kappa shape index (κ1) is 25.3. The molecule has 33 heavy (non-hydrogen) atoms. The number of ether oxygens (including phenoxy) is 1. The van der Waals surface area contributed by atoms with Gasteiger partial charge in [-0.05, 0) is 75.2 Å². The fraction of sp³-hybridized carbons (Fsp3) is 0.391. The zero-order chi connectivity index (χ0) is 24.3. The van der Waals surface area contributed by atoms with Gasteiger partial charge in [-0.15, -0.1) is 0 Å². The summed E-state index contributed by atoms with van der Waals surface area (Å²) in [5.41, 5.74) is 1.20. The summed E-state index contributed by atoms with van der Waals surface area (Å²) in [4.78, 5) is 29.7. The highest BCUT2D eigenvalue weighted by Gasteiger charge is 2.28. The van der Waals surface area contributed by atoms with E-state index in [0.717, 1.165) is 18.7 Å². The summed E-state index contributed by atoms with van der Waals surface area (Å²) in [6.45, 7) is 6.04. The van der Waals surface area contributed by atoms with Crippen LogP contribution in [0.4, 0.5) is 10.5 Å². The van der Waals surface area contributed by atoms with Crippen LogP contribution in [0.15, 0.2) is 39.3 Å². The van der Waals surface area contributed by atoms with Crippen LogP contribution in [-0.4, -0.2) is 71.8 Å². The number of carbonyl (C=O) groups excluding carboxylic acids is 1. The van der Waals surface area contributed by atoms with Crippen molar-refractivity contribution in [3.8, 4) is 17.2 Å². The Hall–Kier alpha value is -2.30. The van der Waals surface area contributed by atoms with Crippen LogP contribution in [-0.2, 0) is 4.79 Å². The molecule has 0 spiro atoms. The molecule has 1 saturated heterocycles. The number of benzene rings is 2. The third-order valence-corrected chi connectivity index (χ3v) is 6.61. The van der Waals surface area contributed by atoms with E-state index in [1.165, 1.54) is 4.90 Å². The van der Waals surface area contributed by atoms with Gasteiger partial charge >= 0.3 is 12.0 Å². The Morgan fingerprint density at radius 3 is 2.24 bits per heavy atom. The molecule has 178 valence electrons. The number of urea groups is 1. The number of hydrogen-bond donors (Lipinski definition) is 2. The number of carbonyl (C=O) groups is 2. The Kier molecular flexibility index (Phi) is 8.25. The van der Waals surface area contributed by atoms with Crippen LogP contribution in [0.25, 0.3) is 0 Å². The maximum Gasteiger partial charge on any atom is 0.325 e. The van der Waals surface area contributed by atoms with Gasteiger partial charge in [-0.2, -0.15) is 0 Å². The highest BCUT2D eigenvalue weighted by atomic mass is 79.9. The second kappa shape index (κ2) is 10.8. The largest absolute Gasteiger partial charge is 0.508 e. The van der Waals surface area contributed by atoms with E-state index < -0.39 is 12.5 Å². The van der Waals surface area contributed by atoms with Crippen LogP contribution in [0.1, 0.15) is 25.3 Å². The third-order valence-electron chi connectivity index (χ3n) is 5.43. The number of hydrogen-bond acceptors (Lipinski definition) is 5. The first-order valence-electron chi connectivity index (χ1n) is 10.5. The molecule has 0 aliphatic carbocycles. The number of halogens is 2. The van der Waals surface area contributed by atoms with Crippen molar-refractivity contribution in [1.29, 1.82) is 0 Å². The molecule has 2 N–H and O–H groups in total. The standard InChI is InChI=1S/C23H27Br2N3O5/c1-14(2)17-12-16(4-5-20(17)29)33-22-18(24)10-15(11-19(22)25)28(13-21(30)31)23(32)27-8-6-26(3)7-9-27/h4-5,10-12,14,29H,6-9,13H2,1-3H3,(H,30,31). The van der Waals surface area contributed by atoms with Gasteiger partial charge in [0, 0.05) is 37.4 Å². The van der Waals surface area contributed by atoms with Gasteiger partial charge in [0.05, 0.1) is 8.95 Å². The second-order valence-electron chi connectivity index (χ2n) is 8.27. The predicted octanol–water partition coefficient (Wildman–Crippen LogP) is 5.09. The van der Waals surface area contributed by atoms with E-state index in [9.17, 15) is 19.8 Å². The number of nitrogens with zero attached hydrogens (tertiary/aromatic N) is 3. The number of aromatic hydroxyl groups is 1. The predicted molar refractivity (Wildman–Crippen MR) is 134 cm³/mol. The molecular formula is C23H27Br2N3O5. The second-order valence-corrected chi connectivity index (χ2v) is 9.98. The van der Waals surface area contributed by atoms with Gasteiger partial charge in [-0.25, -0.2) is 4.79 Å². The lowest BCUT2D eigenvalue weighted by atomic mass is 10.0. The van der Waals surface area contributed by atoms with E-state index in [2.05, 4.69) is 36.8 Å². The highest BCUT2D eigenvalue weighted by molar-refractivity contribution is 9.11. The Bertz CT molecular complexity index is 1020. The Morgan fingerprint density at radius 1 is 1.09 bits per heavy atom. The molecule has 10 heteroatoms. The number of phenols is 1. The van der Waals surface area contributed by atoms with Gasteiger partial charge in [0.15, 0.2) is 5.75 Å². The van der Waals surface area contributed by atoms with Gasteiger partial charge in [0.1, 0.15) is 18.0 Å². The average molecular weight is 585 g/mol. The van der Waals surface area contributed by atoms with Crippen molar-refractivity contribution in [1.82, 2.24) is 9.80 Å². The Morgan fingerprint density at radius 2 is 1.70 bits per heavy atom. The smallest absolute Gasteiger partial charge is 0.325 e. The lowest BCUT2D eigenvalue weighted by molar-refractivity contribution is -0.135.